The van der Waals surface area contributed by atoms with Crippen molar-refractivity contribution < 1.29 is 13.7 Å². The molecule has 6 nitrogen and oxygen atoms in total. The summed E-state index contributed by atoms with van der Waals surface area (Å²) in [6, 6.07) is 97.4. The van der Waals surface area contributed by atoms with Crippen molar-refractivity contribution in [2.24, 2.45) is 42.3 Å². The molecule has 0 amide bonds. The Balaban J connectivity index is 0.000000118. The van der Waals surface area contributed by atoms with Gasteiger partial charge in [-0.05, 0) is 209 Å². The van der Waals surface area contributed by atoms with Crippen molar-refractivity contribution in [3.8, 4) is 78.3 Å². The second-order valence-corrected chi connectivity index (χ2v) is 25.9. The lowest BCUT2D eigenvalue weighted by Crippen LogP contribution is -2.30. The van der Waals surface area contributed by atoms with Crippen molar-refractivity contribution >= 4 is 76.2 Å². The fraction of sp³-hybridized carbons (Fsp3) is 0.112. The summed E-state index contributed by atoms with van der Waals surface area (Å²) >= 11 is 0. The number of aromatic nitrogens is 6. The first kappa shape index (κ1) is 59.8. The Labute approximate surface area is 556 Å². The fourth-order valence-corrected chi connectivity index (χ4v) is 14.4. The van der Waals surface area contributed by atoms with Crippen molar-refractivity contribution in [2.75, 3.05) is 0 Å². The third kappa shape index (κ3) is 11.0. The van der Waals surface area contributed by atoms with E-state index in [1.165, 1.54) is 177 Å². The Morgan fingerprint density at radius 3 is 0.916 bits per heavy atom. The molecular formula is C89H77N6+3. The summed E-state index contributed by atoms with van der Waals surface area (Å²) in [5.41, 5.74) is 30.2. The van der Waals surface area contributed by atoms with Crippen LogP contribution in [0.3, 0.4) is 0 Å². The Hall–Kier alpha value is -11.5. The van der Waals surface area contributed by atoms with Crippen LogP contribution in [0, 0.1) is 27.7 Å². The standard InChI is InChI=1S/C32H27N2.C30H25N2.C27H25N2/c1-22-12-13-25(19-27(22)30-11-7-8-18-33(30)2)26-15-17-32-29(21-26)28-20-24(14-16-31(28)34(32)3)23-9-5-4-6-10-23;1-20-11-12-23(16-25(20)28-10-6-7-15-31(28)2)24-13-14-29-26(18-24)27-17-21-8-4-5-9-22(21)19-30(27)32(29)3;1-18-8-12-26-23(15-18)24-17-21(11-13-27(24)29(26)4)20-10-9-19(2)22(16-20)25-7-5-6-14-28(25)3/h4-21H,1-3H3;4-19H,1-3H3;5-17H,1-4H3/q3*+1. The van der Waals surface area contributed by atoms with E-state index >= 15 is 0 Å². The highest BCUT2D eigenvalue weighted by Gasteiger charge is 2.20. The van der Waals surface area contributed by atoms with Crippen molar-refractivity contribution in [1.29, 1.82) is 0 Å². The van der Waals surface area contributed by atoms with Gasteiger partial charge in [0.2, 0.25) is 17.1 Å². The predicted octanol–water partition coefficient (Wildman–Crippen LogP) is 20.5. The minimum atomic E-state index is 1.22. The van der Waals surface area contributed by atoms with E-state index in [-0.39, 0.29) is 0 Å². The first-order valence-corrected chi connectivity index (χ1v) is 32.9. The molecule has 0 saturated carbocycles. The predicted molar refractivity (Wildman–Crippen MR) is 399 cm³/mol. The average Bonchev–Trinajstić information content (AvgIpc) is 1.65. The van der Waals surface area contributed by atoms with E-state index in [2.05, 4.69) is 383 Å². The van der Waals surface area contributed by atoms with Gasteiger partial charge >= 0.3 is 0 Å². The maximum absolute atomic E-state index is 2.35. The van der Waals surface area contributed by atoms with Crippen LogP contribution in [0.1, 0.15) is 22.3 Å². The fourth-order valence-electron chi connectivity index (χ4n) is 14.4. The SMILES string of the molecule is Cc1ccc(-c2ccc3c(c2)c2cc(-c4ccccc4)ccc2n3C)cc1-c1cccc[n+]1C.Cc1ccc(-c2ccc3c(c2)c2cc4ccccc4cc2n3C)cc1-c1cccc[n+]1C.Cc1ccc2c(c1)c1cc(-c3ccc(C)c(-c4cccc[n+]4C)c3)ccc1n2C. The molecule has 0 unspecified atom stereocenters. The average molecular weight is 1230 g/mol. The molecule has 460 valence electrons. The Morgan fingerprint density at radius 1 is 0.232 bits per heavy atom. The van der Waals surface area contributed by atoms with Crippen LogP contribution < -0.4 is 13.7 Å². The molecule has 95 heavy (non-hydrogen) atoms. The van der Waals surface area contributed by atoms with Gasteiger partial charge in [0.05, 0.1) is 0 Å². The maximum atomic E-state index is 2.35. The molecule has 0 radical (unpaired) electrons. The van der Waals surface area contributed by atoms with Crippen molar-refractivity contribution in [2.45, 2.75) is 27.7 Å². The van der Waals surface area contributed by atoms with Gasteiger partial charge in [0.15, 0.2) is 18.6 Å². The summed E-state index contributed by atoms with van der Waals surface area (Å²) < 4.78 is 13.5. The summed E-state index contributed by atoms with van der Waals surface area (Å²) in [6.07, 6.45) is 6.31. The zero-order valence-electron chi connectivity index (χ0n) is 55.8. The molecular weight excluding hydrogens is 1150 g/mol. The lowest BCUT2D eigenvalue weighted by Gasteiger charge is -2.09. The van der Waals surface area contributed by atoms with Gasteiger partial charge in [-0.2, -0.15) is 0 Å². The molecule has 0 bridgehead atoms. The number of aryl methyl sites for hydroxylation is 10. The van der Waals surface area contributed by atoms with E-state index in [1.54, 1.807) is 0 Å². The number of rotatable bonds is 7. The largest absolute Gasteiger partial charge is 0.344 e. The summed E-state index contributed by atoms with van der Waals surface area (Å²) in [4.78, 5) is 0. The zero-order valence-corrected chi connectivity index (χ0v) is 55.8. The van der Waals surface area contributed by atoms with Gasteiger partial charge in [-0.25, -0.2) is 13.7 Å². The molecule has 0 aliphatic carbocycles. The van der Waals surface area contributed by atoms with Gasteiger partial charge in [-0.15, -0.1) is 0 Å². The van der Waals surface area contributed by atoms with Gasteiger partial charge in [-0.1, -0.05) is 127 Å². The van der Waals surface area contributed by atoms with Gasteiger partial charge in [-0.3, -0.25) is 0 Å². The molecule has 11 aromatic carbocycles. The van der Waals surface area contributed by atoms with Gasteiger partial charge in [0, 0.05) is 140 Å². The van der Waals surface area contributed by atoms with Crippen molar-refractivity contribution in [3.05, 3.63) is 308 Å². The van der Waals surface area contributed by atoms with E-state index in [4.69, 9.17) is 0 Å². The maximum Gasteiger partial charge on any atom is 0.212 e. The summed E-state index contributed by atoms with van der Waals surface area (Å²) in [5.74, 6) is 0. The van der Waals surface area contributed by atoms with Crippen LogP contribution in [-0.4, -0.2) is 13.7 Å². The molecule has 0 saturated heterocycles. The first-order chi connectivity index (χ1) is 46.2. The van der Waals surface area contributed by atoms with Crippen molar-refractivity contribution in [3.63, 3.8) is 0 Å². The van der Waals surface area contributed by atoms with Crippen LogP contribution >= 0.6 is 0 Å². The normalized spacial score (nSPS) is 11.5. The number of nitrogens with zero attached hydrogens (tertiary/aromatic N) is 6. The topological polar surface area (TPSA) is 26.4 Å². The van der Waals surface area contributed by atoms with E-state index in [1.807, 2.05) is 0 Å². The molecule has 17 aromatic rings. The second kappa shape index (κ2) is 24.5. The molecule has 0 aliphatic heterocycles. The molecule has 0 aliphatic rings. The minimum Gasteiger partial charge on any atom is -0.344 e. The molecule has 0 fully saturated rings. The van der Waals surface area contributed by atoms with E-state index in [0.717, 1.165) is 0 Å². The highest BCUT2D eigenvalue weighted by atomic mass is 15.0. The molecule has 6 aromatic heterocycles. The highest BCUT2D eigenvalue weighted by Crippen LogP contribution is 2.40. The Morgan fingerprint density at radius 2 is 0.526 bits per heavy atom. The number of benzene rings is 11. The molecule has 17 rings (SSSR count). The van der Waals surface area contributed by atoms with Gasteiger partial charge < -0.3 is 13.7 Å². The minimum absolute atomic E-state index is 1.22. The lowest BCUT2D eigenvalue weighted by molar-refractivity contribution is -0.660. The molecule has 6 heterocycles. The smallest absolute Gasteiger partial charge is 0.212 e. The van der Waals surface area contributed by atoms with Gasteiger partial charge in [0.25, 0.3) is 0 Å². The molecule has 6 heteroatoms. The van der Waals surface area contributed by atoms with Crippen LogP contribution in [0.5, 0.6) is 0 Å². The van der Waals surface area contributed by atoms with Crippen LogP contribution in [0.2, 0.25) is 0 Å². The van der Waals surface area contributed by atoms with Crippen LogP contribution in [0.25, 0.3) is 154 Å². The number of fused-ring (bicyclic) bond motifs is 10. The molecule has 0 spiro atoms. The third-order valence-electron chi connectivity index (χ3n) is 19.9. The number of hydrogen-bond donors (Lipinski definition) is 0. The summed E-state index contributed by atoms with van der Waals surface area (Å²) in [7, 11) is 12.8. The Kier molecular flexibility index (Phi) is 15.4. The number of pyridine rings is 3. The van der Waals surface area contributed by atoms with E-state index in [0.29, 0.717) is 0 Å². The quantitative estimate of drug-likeness (QED) is 0.142. The number of hydrogen-bond acceptors (Lipinski definition) is 0. The summed E-state index contributed by atoms with van der Waals surface area (Å²) in [6.45, 7) is 8.72. The second-order valence-electron chi connectivity index (χ2n) is 25.9. The lowest BCUT2D eigenvalue weighted by atomic mass is 9.96. The Bertz CT molecular complexity index is 5860. The molecule has 0 N–H and O–H groups in total. The van der Waals surface area contributed by atoms with Crippen LogP contribution in [0.15, 0.2) is 286 Å². The summed E-state index contributed by atoms with van der Waals surface area (Å²) in [5, 5.41) is 10.4. The van der Waals surface area contributed by atoms with Crippen LogP contribution in [0.4, 0.5) is 0 Å². The molecule has 0 atom stereocenters. The van der Waals surface area contributed by atoms with Gasteiger partial charge in [0.1, 0.15) is 21.1 Å². The highest BCUT2D eigenvalue weighted by molar-refractivity contribution is 6.14. The third-order valence-corrected chi connectivity index (χ3v) is 19.9. The van der Waals surface area contributed by atoms with Crippen molar-refractivity contribution in [1.82, 2.24) is 13.7 Å². The first-order valence-electron chi connectivity index (χ1n) is 32.9. The zero-order chi connectivity index (χ0) is 65.2. The van der Waals surface area contributed by atoms with E-state index in [9.17, 15) is 0 Å². The van der Waals surface area contributed by atoms with Crippen LogP contribution in [-0.2, 0) is 42.3 Å². The monoisotopic (exact) mass is 1230 g/mol. The van der Waals surface area contributed by atoms with E-state index < -0.39 is 0 Å².